The van der Waals surface area contributed by atoms with Crippen molar-refractivity contribution in [3.05, 3.63) is 35.9 Å². The maximum atomic E-state index is 12.9. The molecule has 2 unspecified atom stereocenters. The van der Waals surface area contributed by atoms with Crippen molar-refractivity contribution in [2.75, 3.05) is 19.6 Å². The number of nitrogens with zero attached hydrogens (tertiary/aromatic N) is 3. The van der Waals surface area contributed by atoms with Crippen LogP contribution in [0.1, 0.15) is 31.2 Å². The molecule has 4 heterocycles. The third-order valence-electron chi connectivity index (χ3n) is 5.45. The number of hydrogen-bond donors (Lipinski definition) is 1. The average molecular weight is 340 g/mol. The largest absolute Gasteiger partial charge is 0.333 e. The van der Waals surface area contributed by atoms with Gasteiger partial charge in [0.1, 0.15) is 5.71 Å². The van der Waals surface area contributed by atoms with Gasteiger partial charge in [-0.1, -0.05) is 30.3 Å². The smallest absolute Gasteiger partial charge is 0.270 e. The first-order valence-electron chi connectivity index (χ1n) is 9.11. The molecule has 0 radical (unpaired) electrons. The number of carbonyl (C=O) groups is 2. The van der Waals surface area contributed by atoms with Crippen LogP contribution in [0.25, 0.3) is 0 Å². The van der Waals surface area contributed by atoms with Crippen molar-refractivity contribution in [3.8, 4) is 0 Å². The molecule has 132 valence electrons. The van der Waals surface area contributed by atoms with E-state index in [0.29, 0.717) is 24.5 Å². The maximum absolute atomic E-state index is 12.9. The highest BCUT2D eigenvalue weighted by Crippen LogP contribution is 2.29. The summed E-state index contributed by atoms with van der Waals surface area (Å²) >= 11 is 0. The molecule has 4 aliphatic heterocycles. The quantitative estimate of drug-likeness (QED) is 0.904. The topological polar surface area (TPSA) is 65.0 Å². The summed E-state index contributed by atoms with van der Waals surface area (Å²) in [5, 5.41) is 4.00. The molecule has 1 aromatic carbocycles. The maximum Gasteiger partial charge on any atom is 0.270 e. The van der Waals surface area contributed by atoms with Crippen LogP contribution < -0.4 is 5.43 Å². The molecule has 0 spiro atoms. The van der Waals surface area contributed by atoms with Crippen LogP contribution in [-0.2, 0) is 16.1 Å². The van der Waals surface area contributed by atoms with E-state index >= 15 is 0 Å². The zero-order valence-corrected chi connectivity index (χ0v) is 14.4. The number of hydrogen-bond acceptors (Lipinski definition) is 4. The summed E-state index contributed by atoms with van der Waals surface area (Å²) in [6.45, 7) is 3.70. The molecule has 2 amide bonds. The molecule has 5 rings (SSSR count). The van der Waals surface area contributed by atoms with Crippen LogP contribution >= 0.6 is 0 Å². The van der Waals surface area contributed by atoms with Gasteiger partial charge in [0.15, 0.2) is 0 Å². The Hall–Kier alpha value is -2.21. The van der Waals surface area contributed by atoms with Crippen LogP contribution in [0.15, 0.2) is 35.4 Å². The molecular formula is C19H24N4O2. The number of nitrogens with one attached hydrogen (secondary N) is 1. The fourth-order valence-corrected chi connectivity index (χ4v) is 4.19. The van der Waals surface area contributed by atoms with Gasteiger partial charge in [0.25, 0.3) is 5.91 Å². The van der Waals surface area contributed by atoms with E-state index in [2.05, 4.69) is 39.7 Å². The van der Waals surface area contributed by atoms with Crippen molar-refractivity contribution in [2.45, 2.75) is 38.3 Å². The molecule has 3 fully saturated rings. The zero-order valence-electron chi connectivity index (χ0n) is 14.4. The van der Waals surface area contributed by atoms with Crippen molar-refractivity contribution in [3.63, 3.8) is 0 Å². The molecule has 6 nitrogen and oxygen atoms in total. The lowest BCUT2D eigenvalue weighted by molar-refractivity contribution is -0.128. The summed E-state index contributed by atoms with van der Waals surface area (Å²) in [6.07, 6.45) is 3.04. The predicted molar refractivity (Wildman–Crippen MR) is 94.8 cm³/mol. The molecule has 1 N–H and O–H groups in total. The van der Waals surface area contributed by atoms with E-state index in [9.17, 15) is 9.59 Å². The molecule has 1 aromatic rings. The van der Waals surface area contributed by atoms with Crippen molar-refractivity contribution in [1.29, 1.82) is 0 Å². The van der Waals surface area contributed by atoms with Crippen molar-refractivity contribution in [2.24, 2.45) is 11.0 Å². The summed E-state index contributed by atoms with van der Waals surface area (Å²) in [5.74, 6) is 0.421. The third kappa shape index (κ3) is 3.58. The number of piperidine rings is 1. The number of rotatable bonds is 3. The minimum absolute atomic E-state index is 0.0104. The number of amides is 2. The Morgan fingerprint density at radius 2 is 1.96 bits per heavy atom. The molecule has 2 atom stereocenters. The second-order valence-electron chi connectivity index (χ2n) is 7.33. The summed E-state index contributed by atoms with van der Waals surface area (Å²) in [4.78, 5) is 28.6. The predicted octanol–water partition coefficient (Wildman–Crippen LogP) is 1.38. The van der Waals surface area contributed by atoms with E-state index in [1.165, 1.54) is 12.0 Å². The fourth-order valence-electron chi connectivity index (χ4n) is 4.19. The first-order chi connectivity index (χ1) is 12.2. The Morgan fingerprint density at radius 1 is 1.12 bits per heavy atom. The van der Waals surface area contributed by atoms with E-state index < -0.39 is 0 Å². The lowest BCUT2D eigenvalue weighted by Gasteiger charge is -2.36. The summed E-state index contributed by atoms with van der Waals surface area (Å²) < 4.78 is 0. The highest BCUT2D eigenvalue weighted by atomic mass is 16.2. The monoisotopic (exact) mass is 340 g/mol. The number of hydrazone groups is 1. The van der Waals surface area contributed by atoms with Crippen LogP contribution in [0.3, 0.4) is 0 Å². The molecule has 0 aliphatic carbocycles. The summed E-state index contributed by atoms with van der Waals surface area (Å²) in [5.41, 5.74) is 4.27. The Kier molecular flexibility index (Phi) is 4.53. The normalized spacial score (nSPS) is 26.8. The summed E-state index contributed by atoms with van der Waals surface area (Å²) in [7, 11) is 0. The van der Waals surface area contributed by atoms with E-state index in [-0.39, 0.29) is 17.9 Å². The van der Waals surface area contributed by atoms with Gasteiger partial charge in [0.2, 0.25) is 5.91 Å². The second-order valence-corrected chi connectivity index (χ2v) is 7.33. The minimum atomic E-state index is -0.108. The Morgan fingerprint density at radius 3 is 2.72 bits per heavy atom. The number of carbonyl (C=O) groups excluding carboxylic acids is 2. The van der Waals surface area contributed by atoms with Gasteiger partial charge in [0, 0.05) is 45.1 Å². The second kappa shape index (κ2) is 6.96. The van der Waals surface area contributed by atoms with E-state index in [1.54, 1.807) is 0 Å². The molecule has 0 saturated carbocycles. The van der Waals surface area contributed by atoms with Gasteiger partial charge in [-0.05, 0) is 24.3 Å². The molecular weight excluding hydrogens is 316 g/mol. The SMILES string of the molecule is O=C1CCC(C(=O)N2CC3CCC2CN(Cc2ccccc2)C3)=NN1. The van der Waals surface area contributed by atoms with Crippen molar-refractivity contribution < 1.29 is 9.59 Å². The first kappa shape index (κ1) is 16.3. The van der Waals surface area contributed by atoms with E-state index in [1.807, 2.05) is 11.0 Å². The summed E-state index contributed by atoms with van der Waals surface area (Å²) in [6, 6.07) is 10.8. The molecule has 0 aromatic heterocycles. The average Bonchev–Trinajstić information content (AvgIpc) is 2.93. The highest BCUT2D eigenvalue weighted by molar-refractivity contribution is 6.39. The third-order valence-corrected chi connectivity index (χ3v) is 5.45. The fraction of sp³-hybridized carbons (Fsp3) is 0.526. The van der Waals surface area contributed by atoms with Crippen molar-refractivity contribution >= 4 is 17.5 Å². The van der Waals surface area contributed by atoms with Crippen molar-refractivity contribution in [1.82, 2.24) is 15.2 Å². The van der Waals surface area contributed by atoms with Crippen LogP contribution in [-0.4, -0.2) is 53.0 Å². The molecule has 4 aliphatic rings. The van der Waals surface area contributed by atoms with Crippen LogP contribution in [0.2, 0.25) is 0 Å². The lowest BCUT2D eigenvalue weighted by atomic mass is 9.94. The standard InChI is InChI=1S/C19H24N4O2/c24-18-9-8-17(20-21-18)19(25)23-12-15-6-7-16(23)13-22(11-15)10-14-4-2-1-3-5-14/h1-5,15-16H,6-13H2,(H,21,24). The number of fused-ring (bicyclic) bond motifs is 4. The molecule has 25 heavy (non-hydrogen) atoms. The van der Waals surface area contributed by atoms with Gasteiger partial charge < -0.3 is 4.90 Å². The van der Waals surface area contributed by atoms with Gasteiger partial charge in [-0.2, -0.15) is 5.10 Å². The first-order valence-corrected chi connectivity index (χ1v) is 9.11. The molecule has 2 bridgehead atoms. The highest BCUT2D eigenvalue weighted by Gasteiger charge is 2.38. The zero-order chi connectivity index (χ0) is 17.2. The van der Waals surface area contributed by atoms with Gasteiger partial charge in [0.05, 0.1) is 0 Å². The van der Waals surface area contributed by atoms with E-state index in [4.69, 9.17) is 0 Å². The lowest BCUT2D eigenvalue weighted by Crippen LogP contribution is -2.50. The van der Waals surface area contributed by atoms with Crippen LogP contribution in [0, 0.1) is 5.92 Å². The number of benzene rings is 1. The minimum Gasteiger partial charge on any atom is -0.333 e. The van der Waals surface area contributed by atoms with Gasteiger partial charge in [-0.15, -0.1) is 0 Å². The Labute approximate surface area is 147 Å². The van der Waals surface area contributed by atoms with Gasteiger partial charge >= 0.3 is 0 Å². The van der Waals surface area contributed by atoms with E-state index in [0.717, 1.165) is 32.6 Å². The van der Waals surface area contributed by atoms with Crippen LogP contribution in [0.5, 0.6) is 0 Å². The molecule has 3 saturated heterocycles. The Balaban J connectivity index is 1.46. The van der Waals surface area contributed by atoms with Gasteiger partial charge in [-0.3, -0.25) is 14.5 Å². The molecule has 6 heteroatoms. The van der Waals surface area contributed by atoms with Gasteiger partial charge in [-0.25, -0.2) is 5.43 Å². The van der Waals surface area contributed by atoms with Crippen LogP contribution in [0.4, 0.5) is 0 Å². The Bertz CT molecular complexity index is 688.